The van der Waals surface area contributed by atoms with Crippen molar-refractivity contribution in [3.05, 3.63) is 17.8 Å². The third-order valence-electron chi connectivity index (χ3n) is 3.67. The lowest BCUT2D eigenvalue weighted by Crippen LogP contribution is -2.46. The lowest BCUT2D eigenvalue weighted by Gasteiger charge is -2.34. The van der Waals surface area contributed by atoms with E-state index in [9.17, 15) is 9.59 Å². The van der Waals surface area contributed by atoms with Crippen LogP contribution in [-0.2, 0) is 4.74 Å². The molecule has 1 aromatic heterocycles. The summed E-state index contributed by atoms with van der Waals surface area (Å²) in [6.07, 6.45) is 3.50. The van der Waals surface area contributed by atoms with E-state index in [0.717, 1.165) is 37.9 Å². The highest BCUT2D eigenvalue weighted by atomic mass is 16.6. The van der Waals surface area contributed by atoms with Crippen LogP contribution in [0.1, 0.15) is 44.0 Å². The van der Waals surface area contributed by atoms with Crippen LogP contribution in [0.2, 0.25) is 0 Å². The van der Waals surface area contributed by atoms with Crippen LogP contribution in [0.5, 0.6) is 0 Å². The van der Waals surface area contributed by atoms with Crippen LogP contribution in [0.25, 0.3) is 0 Å². The molecule has 1 aromatic rings. The molecule has 23 heavy (non-hydrogen) atoms. The number of aromatic nitrogens is 1. The number of aldehydes is 1. The van der Waals surface area contributed by atoms with Gasteiger partial charge in [-0.2, -0.15) is 0 Å². The first kappa shape index (κ1) is 17.1. The molecule has 0 saturated carbocycles. The zero-order valence-electron chi connectivity index (χ0n) is 13.8. The monoisotopic (exact) mass is 320 g/mol. The maximum Gasteiger partial charge on any atom is 0.407 e. The van der Waals surface area contributed by atoms with E-state index in [1.54, 1.807) is 12.3 Å². The van der Waals surface area contributed by atoms with Crippen molar-refractivity contribution >= 4 is 23.9 Å². The molecule has 7 heteroatoms. The Balaban J connectivity index is 1.93. The molecule has 126 valence electrons. The summed E-state index contributed by atoms with van der Waals surface area (Å²) in [6, 6.07) is 1.86. The van der Waals surface area contributed by atoms with Gasteiger partial charge in [0.15, 0.2) is 6.29 Å². The van der Waals surface area contributed by atoms with Crippen LogP contribution in [0.4, 0.5) is 16.3 Å². The first-order valence-electron chi connectivity index (χ1n) is 7.74. The smallest absolute Gasteiger partial charge is 0.407 e. The van der Waals surface area contributed by atoms with Gasteiger partial charge in [0.1, 0.15) is 11.4 Å². The minimum atomic E-state index is -0.502. The van der Waals surface area contributed by atoms with Crippen molar-refractivity contribution in [1.29, 1.82) is 0 Å². The molecule has 1 amide bonds. The van der Waals surface area contributed by atoms with E-state index in [-0.39, 0.29) is 11.9 Å². The zero-order chi connectivity index (χ0) is 17.0. The number of ether oxygens (including phenoxy) is 1. The van der Waals surface area contributed by atoms with E-state index in [4.69, 9.17) is 10.5 Å². The van der Waals surface area contributed by atoms with Gasteiger partial charge in [-0.05, 0) is 39.7 Å². The van der Waals surface area contributed by atoms with Gasteiger partial charge < -0.3 is 20.7 Å². The van der Waals surface area contributed by atoms with E-state index in [1.807, 2.05) is 20.8 Å². The Labute approximate surface area is 136 Å². The number of nitrogen functional groups attached to an aromatic ring is 1. The SMILES string of the molecule is CC(C)(C)OC(=O)NC1CCN(c2ccnc(N)c2C=O)CC1. The second-order valence-electron chi connectivity index (χ2n) is 6.65. The third-order valence-corrected chi connectivity index (χ3v) is 3.67. The van der Waals surface area contributed by atoms with Gasteiger partial charge in [-0.1, -0.05) is 0 Å². The van der Waals surface area contributed by atoms with Crippen molar-refractivity contribution in [2.75, 3.05) is 23.7 Å². The number of carbonyl (C=O) groups excluding carboxylic acids is 2. The lowest BCUT2D eigenvalue weighted by molar-refractivity contribution is 0.0497. The predicted molar refractivity (Wildman–Crippen MR) is 88.6 cm³/mol. The van der Waals surface area contributed by atoms with Crippen LogP contribution in [0.15, 0.2) is 12.3 Å². The molecule has 1 saturated heterocycles. The van der Waals surface area contributed by atoms with Crippen LogP contribution in [-0.4, -0.2) is 42.1 Å². The fraction of sp³-hybridized carbons (Fsp3) is 0.562. The summed E-state index contributed by atoms with van der Waals surface area (Å²) in [5, 5.41) is 2.89. The third kappa shape index (κ3) is 4.58. The second-order valence-corrected chi connectivity index (χ2v) is 6.65. The van der Waals surface area contributed by atoms with Crippen molar-refractivity contribution in [3.8, 4) is 0 Å². The average Bonchev–Trinajstić information content (AvgIpc) is 2.45. The minimum Gasteiger partial charge on any atom is -0.444 e. The van der Waals surface area contributed by atoms with E-state index in [1.165, 1.54) is 0 Å². The summed E-state index contributed by atoms with van der Waals surface area (Å²) in [5.41, 5.74) is 6.46. The number of amides is 1. The standard InChI is InChI=1S/C16H24N4O3/c1-16(2,3)23-15(22)19-11-5-8-20(9-6-11)13-4-7-18-14(17)12(13)10-21/h4,7,10-11H,5-6,8-9H2,1-3H3,(H2,17,18)(H,19,22). The van der Waals surface area contributed by atoms with Crippen molar-refractivity contribution in [2.24, 2.45) is 0 Å². The van der Waals surface area contributed by atoms with Gasteiger partial charge in [0.25, 0.3) is 0 Å². The number of pyridine rings is 1. The van der Waals surface area contributed by atoms with Crippen LogP contribution in [0.3, 0.4) is 0 Å². The summed E-state index contributed by atoms with van der Waals surface area (Å²) >= 11 is 0. The van der Waals surface area contributed by atoms with E-state index in [0.29, 0.717) is 5.56 Å². The van der Waals surface area contributed by atoms with Crippen molar-refractivity contribution in [2.45, 2.75) is 45.3 Å². The molecule has 2 heterocycles. The number of rotatable bonds is 3. The molecule has 3 N–H and O–H groups in total. The summed E-state index contributed by atoms with van der Waals surface area (Å²) in [6.45, 7) is 6.97. The van der Waals surface area contributed by atoms with Gasteiger partial charge in [0.05, 0.1) is 11.3 Å². The molecule has 0 radical (unpaired) electrons. The second kappa shape index (κ2) is 6.85. The minimum absolute atomic E-state index is 0.0694. The Hall–Kier alpha value is -2.31. The molecule has 0 spiro atoms. The summed E-state index contributed by atoms with van der Waals surface area (Å²) in [7, 11) is 0. The van der Waals surface area contributed by atoms with Gasteiger partial charge in [0.2, 0.25) is 0 Å². The molecular weight excluding hydrogens is 296 g/mol. The molecule has 1 fully saturated rings. The van der Waals surface area contributed by atoms with Gasteiger partial charge in [-0.25, -0.2) is 9.78 Å². The molecule has 0 aromatic carbocycles. The Morgan fingerprint density at radius 3 is 2.65 bits per heavy atom. The lowest BCUT2D eigenvalue weighted by atomic mass is 10.0. The van der Waals surface area contributed by atoms with E-state index in [2.05, 4.69) is 15.2 Å². The fourth-order valence-corrected chi connectivity index (χ4v) is 2.61. The Morgan fingerprint density at radius 2 is 2.09 bits per heavy atom. The van der Waals surface area contributed by atoms with E-state index >= 15 is 0 Å². The summed E-state index contributed by atoms with van der Waals surface area (Å²) < 4.78 is 5.27. The number of hydrogen-bond donors (Lipinski definition) is 2. The zero-order valence-corrected chi connectivity index (χ0v) is 13.8. The fourth-order valence-electron chi connectivity index (χ4n) is 2.61. The Morgan fingerprint density at radius 1 is 1.43 bits per heavy atom. The highest BCUT2D eigenvalue weighted by molar-refractivity contribution is 5.90. The largest absolute Gasteiger partial charge is 0.444 e. The number of nitrogens with zero attached hydrogens (tertiary/aromatic N) is 2. The van der Waals surface area contributed by atoms with Crippen molar-refractivity contribution in [1.82, 2.24) is 10.3 Å². The van der Waals surface area contributed by atoms with Gasteiger partial charge in [-0.3, -0.25) is 4.79 Å². The number of carbonyl (C=O) groups is 2. The Bertz CT molecular complexity index is 575. The molecule has 7 nitrogen and oxygen atoms in total. The summed E-state index contributed by atoms with van der Waals surface area (Å²) in [4.78, 5) is 29.1. The number of alkyl carbamates (subject to hydrolysis) is 1. The number of nitrogens with two attached hydrogens (primary N) is 1. The predicted octanol–water partition coefficient (Wildman–Crippen LogP) is 1.97. The van der Waals surface area contributed by atoms with Crippen molar-refractivity contribution in [3.63, 3.8) is 0 Å². The van der Waals surface area contributed by atoms with Gasteiger partial charge in [-0.15, -0.1) is 0 Å². The molecule has 0 aliphatic carbocycles. The first-order chi connectivity index (χ1) is 10.8. The normalized spacial score (nSPS) is 16.0. The van der Waals surface area contributed by atoms with Gasteiger partial charge in [0, 0.05) is 25.3 Å². The Kier molecular flexibility index (Phi) is 5.08. The average molecular weight is 320 g/mol. The quantitative estimate of drug-likeness (QED) is 0.826. The number of anilines is 2. The highest BCUT2D eigenvalue weighted by Gasteiger charge is 2.25. The highest BCUT2D eigenvalue weighted by Crippen LogP contribution is 2.25. The first-order valence-corrected chi connectivity index (χ1v) is 7.74. The molecule has 2 rings (SSSR count). The molecular formula is C16H24N4O3. The number of piperidine rings is 1. The molecule has 0 bridgehead atoms. The van der Waals surface area contributed by atoms with Crippen LogP contribution >= 0.6 is 0 Å². The maximum atomic E-state index is 11.8. The number of nitrogens with one attached hydrogen (secondary N) is 1. The summed E-state index contributed by atoms with van der Waals surface area (Å²) in [5.74, 6) is 0.242. The molecule has 1 aliphatic rings. The van der Waals surface area contributed by atoms with E-state index < -0.39 is 11.7 Å². The molecule has 0 atom stereocenters. The van der Waals surface area contributed by atoms with Crippen LogP contribution in [0, 0.1) is 0 Å². The van der Waals surface area contributed by atoms with Crippen molar-refractivity contribution < 1.29 is 14.3 Å². The van der Waals surface area contributed by atoms with Gasteiger partial charge >= 0.3 is 6.09 Å². The van der Waals surface area contributed by atoms with Crippen LogP contribution < -0.4 is 16.0 Å². The molecule has 0 unspecified atom stereocenters. The number of hydrogen-bond acceptors (Lipinski definition) is 6. The maximum absolute atomic E-state index is 11.8. The molecule has 1 aliphatic heterocycles. The topological polar surface area (TPSA) is 97.6 Å².